The number of hydrogen-bond acceptors (Lipinski definition) is 3. The van der Waals surface area contributed by atoms with E-state index in [0.717, 1.165) is 25.4 Å². The van der Waals surface area contributed by atoms with Crippen LogP contribution in [-0.4, -0.2) is 25.8 Å². The van der Waals surface area contributed by atoms with Crippen molar-refractivity contribution in [3.05, 3.63) is 24.3 Å². The van der Waals surface area contributed by atoms with Crippen LogP contribution in [0.5, 0.6) is 0 Å². The summed E-state index contributed by atoms with van der Waals surface area (Å²) >= 11 is 0. The van der Waals surface area contributed by atoms with E-state index in [1.165, 1.54) is 18.5 Å². The van der Waals surface area contributed by atoms with Gasteiger partial charge >= 0.3 is 0 Å². The monoisotopic (exact) mass is 220 g/mol. The second kappa shape index (κ2) is 5.21. The minimum atomic E-state index is 0.531. The Morgan fingerprint density at radius 1 is 1.38 bits per heavy atom. The van der Waals surface area contributed by atoms with Crippen molar-refractivity contribution < 1.29 is 4.74 Å². The van der Waals surface area contributed by atoms with Gasteiger partial charge in [-0.15, -0.1) is 0 Å². The normalized spacial score (nSPS) is 20.3. The van der Waals surface area contributed by atoms with E-state index in [4.69, 9.17) is 10.5 Å². The number of nitrogen functional groups attached to an aromatic ring is 1. The molecule has 1 fully saturated rings. The summed E-state index contributed by atoms with van der Waals surface area (Å²) in [6, 6.07) is 8.65. The zero-order chi connectivity index (χ0) is 11.4. The van der Waals surface area contributed by atoms with E-state index in [9.17, 15) is 0 Å². The third-order valence-corrected chi connectivity index (χ3v) is 3.12. The van der Waals surface area contributed by atoms with Gasteiger partial charge in [0.2, 0.25) is 0 Å². The minimum absolute atomic E-state index is 0.531. The number of ether oxygens (including phenoxy) is 1. The molecule has 1 saturated heterocycles. The molecular formula is C13H20N2O. The van der Waals surface area contributed by atoms with Gasteiger partial charge in [0, 0.05) is 24.5 Å². The molecule has 2 N–H and O–H groups in total. The lowest BCUT2D eigenvalue weighted by Crippen LogP contribution is -2.33. The van der Waals surface area contributed by atoms with Crippen molar-refractivity contribution in [3.63, 3.8) is 0 Å². The molecule has 3 heteroatoms. The first-order valence-electron chi connectivity index (χ1n) is 6.01. The lowest BCUT2D eigenvalue weighted by Gasteiger charge is -2.26. The number of benzene rings is 1. The fraction of sp³-hybridized carbons (Fsp3) is 0.538. The van der Waals surface area contributed by atoms with Gasteiger partial charge in [-0.3, -0.25) is 0 Å². The van der Waals surface area contributed by atoms with Gasteiger partial charge in [0.25, 0.3) is 0 Å². The van der Waals surface area contributed by atoms with Crippen LogP contribution in [0.2, 0.25) is 0 Å². The maximum atomic E-state index is 5.70. The predicted octanol–water partition coefficient (Wildman–Crippen LogP) is 2.27. The van der Waals surface area contributed by atoms with Crippen LogP contribution in [0.25, 0.3) is 0 Å². The molecule has 1 atom stereocenters. The highest BCUT2D eigenvalue weighted by atomic mass is 16.5. The summed E-state index contributed by atoms with van der Waals surface area (Å²) in [5, 5.41) is 0. The first-order valence-corrected chi connectivity index (χ1v) is 6.01. The molecule has 0 saturated carbocycles. The van der Waals surface area contributed by atoms with Gasteiger partial charge in [-0.25, -0.2) is 0 Å². The molecular weight excluding hydrogens is 200 g/mol. The van der Waals surface area contributed by atoms with Gasteiger partial charge in [0.1, 0.15) is 0 Å². The third kappa shape index (κ3) is 2.47. The molecule has 0 amide bonds. The van der Waals surface area contributed by atoms with E-state index < -0.39 is 0 Å². The van der Waals surface area contributed by atoms with E-state index in [1.54, 1.807) is 0 Å². The van der Waals surface area contributed by atoms with Crippen molar-refractivity contribution >= 4 is 11.4 Å². The van der Waals surface area contributed by atoms with Crippen LogP contribution in [-0.2, 0) is 4.74 Å². The Bertz CT molecular complexity index is 323. The molecule has 0 unspecified atom stereocenters. The first kappa shape index (κ1) is 11.3. The first-order chi connectivity index (χ1) is 7.81. The standard InChI is InChI=1S/C13H20N2O/c1-2-16-10-13-4-3-9-15(13)12-7-5-11(14)6-8-12/h5-8,13H,2-4,9-10,14H2,1H3/t13-/m1/s1. The number of nitrogens with two attached hydrogens (primary N) is 1. The Balaban J connectivity index is 2.04. The Kier molecular flexibility index (Phi) is 3.67. The molecule has 2 rings (SSSR count). The van der Waals surface area contributed by atoms with Gasteiger partial charge in [0.15, 0.2) is 0 Å². The van der Waals surface area contributed by atoms with Crippen LogP contribution >= 0.6 is 0 Å². The molecule has 0 aliphatic carbocycles. The van der Waals surface area contributed by atoms with Gasteiger partial charge in [0.05, 0.1) is 12.6 Å². The van der Waals surface area contributed by atoms with Gasteiger partial charge in [-0.1, -0.05) is 0 Å². The lowest BCUT2D eigenvalue weighted by atomic mass is 10.2. The minimum Gasteiger partial charge on any atom is -0.399 e. The Morgan fingerprint density at radius 3 is 2.81 bits per heavy atom. The van der Waals surface area contributed by atoms with E-state index in [0.29, 0.717) is 6.04 Å². The number of rotatable bonds is 4. The number of nitrogens with zero attached hydrogens (tertiary/aromatic N) is 1. The van der Waals surface area contributed by atoms with Crippen LogP contribution in [0.15, 0.2) is 24.3 Å². The summed E-state index contributed by atoms with van der Waals surface area (Å²) in [7, 11) is 0. The van der Waals surface area contributed by atoms with Crippen molar-refractivity contribution in [1.29, 1.82) is 0 Å². The Hall–Kier alpha value is -1.22. The molecule has 1 heterocycles. The molecule has 1 aromatic rings. The van der Waals surface area contributed by atoms with Crippen molar-refractivity contribution in [1.82, 2.24) is 0 Å². The fourth-order valence-corrected chi connectivity index (χ4v) is 2.27. The zero-order valence-corrected chi connectivity index (χ0v) is 9.86. The molecule has 3 nitrogen and oxygen atoms in total. The molecule has 1 aromatic carbocycles. The molecule has 0 bridgehead atoms. The van der Waals surface area contributed by atoms with Crippen LogP contribution in [0, 0.1) is 0 Å². The van der Waals surface area contributed by atoms with E-state index in [2.05, 4.69) is 17.0 Å². The van der Waals surface area contributed by atoms with Crippen LogP contribution in [0.1, 0.15) is 19.8 Å². The maximum absolute atomic E-state index is 5.70. The quantitative estimate of drug-likeness (QED) is 0.791. The van der Waals surface area contributed by atoms with Gasteiger partial charge < -0.3 is 15.4 Å². The zero-order valence-electron chi connectivity index (χ0n) is 9.86. The molecule has 0 radical (unpaired) electrons. The number of anilines is 2. The highest BCUT2D eigenvalue weighted by molar-refractivity contribution is 5.54. The lowest BCUT2D eigenvalue weighted by molar-refractivity contribution is 0.134. The Labute approximate surface area is 97.2 Å². The van der Waals surface area contributed by atoms with E-state index >= 15 is 0 Å². The van der Waals surface area contributed by atoms with Crippen molar-refractivity contribution in [2.24, 2.45) is 0 Å². The smallest absolute Gasteiger partial charge is 0.0669 e. The second-order valence-electron chi connectivity index (χ2n) is 4.24. The average molecular weight is 220 g/mol. The van der Waals surface area contributed by atoms with Crippen molar-refractivity contribution in [2.45, 2.75) is 25.8 Å². The topological polar surface area (TPSA) is 38.5 Å². The maximum Gasteiger partial charge on any atom is 0.0669 e. The summed E-state index contributed by atoms with van der Waals surface area (Å²) in [5.41, 5.74) is 7.78. The molecule has 1 aliphatic rings. The highest BCUT2D eigenvalue weighted by Crippen LogP contribution is 2.26. The molecule has 16 heavy (non-hydrogen) atoms. The molecule has 0 aromatic heterocycles. The largest absolute Gasteiger partial charge is 0.399 e. The molecule has 88 valence electrons. The molecule has 1 aliphatic heterocycles. The average Bonchev–Trinajstić information content (AvgIpc) is 2.75. The van der Waals surface area contributed by atoms with Crippen molar-refractivity contribution in [3.8, 4) is 0 Å². The van der Waals surface area contributed by atoms with Crippen LogP contribution in [0.4, 0.5) is 11.4 Å². The third-order valence-electron chi connectivity index (χ3n) is 3.12. The van der Waals surface area contributed by atoms with E-state index in [1.807, 2.05) is 19.1 Å². The SMILES string of the molecule is CCOC[C@H]1CCCN1c1ccc(N)cc1. The van der Waals surface area contributed by atoms with Crippen LogP contribution in [0.3, 0.4) is 0 Å². The summed E-state index contributed by atoms with van der Waals surface area (Å²) in [6.45, 7) is 4.80. The fourth-order valence-electron chi connectivity index (χ4n) is 2.27. The molecule has 0 spiro atoms. The number of hydrogen-bond donors (Lipinski definition) is 1. The Morgan fingerprint density at radius 2 is 2.12 bits per heavy atom. The van der Waals surface area contributed by atoms with E-state index in [-0.39, 0.29) is 0 Å². The highest BCUT2D eigenvalue weighted by Gasteiger charge is 2.24. The van der Waals surface area contributed by atoms with Gasteiger partial charge in [-0.2, -0.15) is 0 Å². The summed E-state index contributed by atoms with van der Waals surface area (Å²) in [4.78, 5) is 2.43. The summed E-state index contributed by atoms with van der Waals surface area (Å²) in [6.07, 6.45) is 2.48. The van der Waals surface area contributed by atoms with Crippen LogP contribution < -0.4 is 10.6 Å². The van der Waals surface area contributed by atoms with Crippen molar-refractivity contribution in [2.75, 3.05) is 30.4 Å². The summed E-state index contributed by atoms with van der Waals surface area (Å²) < 4.78 is 5.53. The summed E-state index contributed by atoms with van der Waals surface area (Å²) in [5.74, 6) is 0. The predicted molar refractivity (Wildman–Crippen MR) is 67.7 cm³/mol. The second-order valence-corrected chi connectivity index (χ2v) is 4.24. The van der Waals surface area contributed by atoms with Gasteiger partial charge in [-0.05, 0) is 44.0 Å².